The number of pyridine rings is 1. The van der Waals surface area contributed by atoms with Gasteiger partial charge in [-0.15, -0.1) is 12.6 Å². The van der Waals surface area contributed by atoms with Gasteiger partial charge in [-0.25, -0.2) is 4.98 Å². The summed E-state index contributed by atoms with van der Waals surface area (Å²) < 4.78 is 0. The Labute approximate surface area is 122 Å². The van der Waals surface area contributed by atoms with E-state index in [9.17, 15) is 4.79 Å². The monoisotopic (exact) mass is 280 g/mol. The van der Waals surface area contributed by atoms with Crippen molar-refractivity contribution in [3.05, 3.63) is 58.8 Å². The largest absolute Gasteiger partial charge is 0.294 e. The molecule has 0 aliphatic heterocycles. The number of fused-ring (bicyclic) bond motifs is 1. The summed E-state index contributed by atoms with van der Waals surface area (Å²) in [7, 11) is 0. The Morgan fingerprint density at radius 1 is 1.25 bits per heavy atom. The third kappa shape index (κ3) is 2.21. The molecular weight excluding hydrogens is 268 g/mol. The Morgan fingerprint density at radius 2 is 2.00 bits per heavy atom. The smallest absolute Gasteiger partial charge is 0.165 e. The molecule has 0 saturated heterocycles. The minimum Gasteiger partial charge on any atom is -0.294 e. The van der Waals surface area contributed by atoms with Crippen LogP contribution in [0.1, 0.15) is 39.5 Å². The second kappa shape index (κ2) is 5.10. The highest BCUT2D eigenvalue weighted by Gasteiger charge is 2.28. The zero-order chi connectivity index (χ0) is 14.1. The number of benzene rings is 1. The molecule has 2 aromatic rings. The number of Topliss-reactive ketones (excluding diaryl/α,β-unsaturated/α-hetero) is 1. The number of rotatable bonds is 1. The molecule has 1 heterocycles. The lowest BCUT2D eigenvalue weighted by Gasteiger charge is -2.23. The van der Waals surface area contributed by atoms with Crippen molar-refractivity contribution in [1.29, 1.82) is 5.26 Å². The van der Waals surface area contributed by atoms with E-state index < -0.39 is 0 Å². The minimum absolute atomic E-state index is 0.0532. The zero-order valence-corrected chi connectivity index (χ0v) is 11.6. The molecule has 3 nitrogen and oxygen atoms in total. The Balaban J connectivity index is 2.02. The summed E-state index contributed by atoms with van der Waals surface area (Å²) in [5.74, 6) is 0.210. The van der Waals surface area contributed by atoms with E-state index in [4.69, 9.17) is 5.26 Å². The number of ketones is 1. The molecule has 0 saturated carbocycles. The maximum Gasteiger partial charge on any atom is 0.165 e. The molecule has 1 aromatic heterocycles. The summed E-state index contributed by atoms with van der Waals surface area (Å²) in [5.41, 5.74) is 2.84. The van der Waals surface area contributed by atoms with Gasteiger partial charge in [-0.05, 0) is 24.0 Å². The van der Waals surface area contributed by atoms with E-state index in [0.29, 0.717) is 29.0 Å². The highest BCUT2D eigenvalue weighted by molar-refractivity contribution is 7.80. The quantitative estimate of drug-likeness (QED) is 0.816. The lowest BCUT2D eigenvalue weighted by molar-refractivity contribution is 0.0963. The fourth-order valence-electron chi connectivity index (χ4n) is 2.62. The molecule has 4 heteroatoms. The Kier molecular flexibility index (Phi) is 3.29. The van der Waals surface area contributed by atoms with Gasteiger partial charge in [-0.1, -0.05) is 30.3 Å². The summed E-state index contributed by atoms with van der Waals surface area (Å²) in [4.78, 5) is 16.6. The van der Waals surface area contributed by atoms with Crippen molar-refractivity contribution in [1.82, 2.24) is 4.98 Å². The summed E-state index contributed by atoms with van der Waals surface area (Å²) >= 11 is 4.21. The number of nitriles is 1. The van der Waals surface area contributed by atoms with Crippen molar-refractivity contribution in [2.75, 3.05) is 0 Å². The molecule has 0 radical (unpaired) electrons. The molecule has 98 valence electrons. The number of carbonyl (C=O) groups is 1. The van der Waals surface area contributed by atoms with Gasteiger partial charge < -0.3 is 0 Å². The van der Waals surface area contributed by atoms with E-state index in [2.05, 4.69) is 17.6 Å². The van der Waals surface area contributed by atoms with Gasteiger partial charge in [0.15, 0.2) is 5.78 Å². The molecule has 0 spiro atoms. The summed E-state index contributed by atoms with van der Waals surface area (Å²) in [6.45, 7) is 0. The van der Waals surface area contributed by atoms with E-state index in [0.717, 1.165) is 11.3 Å². The Morgan fingerprint density at radius 3 is 2.70 bits per heavy atom. The molecule has 20 heavy (non-hydrogen) atoms. The van der Waals surface area contributed by atoms with Crippen LogP contribution in [-0.2, 0) is 6.42 Å². The zero-order valence-electron chi connectivity index (χ0n) is 10.7. The molecule has 1 aromatic carbocycles. The lowest BCUT2D eigenvalue weighted by atomic mass is 9.81. The third-order valence-electron chi connectivity index (χ3n) is 3.64. The van der Waals surface area contributed by atoms with Crippen LogP contribution in [0, 0.1) is 11.3 Å². The Bertz CT molecular complexity index is 719. The molecule has 1 aliphatic rings. The maximum atomic E-state index is 12.3. The number of aromatic nitrogens is 1. The Hall–Kier alpha value is -2.12. The van der Waals surface area contributed by atoms with E-state index in [-0.39, 0.29) is 11.7 Å². The molecule has 0 bridgehead atoms. The SMILES string of the molecule is N#Cc1cc2c(nc1S)CC(c1ccccc1)CC2=O. The predicted molar refractivity (Wildman–Crippen MR) is 78.0 cm³/mol. The van der Waals surface area contributed by atoms with Crippen molar-refractivity contribution in [2.45, 2.75) is 23.8 Å². The van der Waals surface area contributed by atoms with Crippen molar-refractivity contribution in [3.8, 4) is 6.07 Å². The van der Waals surface area contributed by atoms with Gasteiger partial charge >= 0.3 is 0 Å². The molecule has 0 fully saturated rings. The van der Waals surface area contributed by atoms with Crippen LogP contribution in [0.5, 0.6) is 0 Å². The van der Waals surface area contributed by atoms with Gasteiger partial charge in [0.2, 0.25) is 0 Å². The molecule has 1 unspecified atom stereocenters. The van der Waals surface area contributed by atoms with Crippen molar-refractivity contribution in [3.63, 3.8) is 0 Å². The van der Waals surface area contributed by atoms with Gasteiger partial charge in [-0.2, -0.15) is 5.26 Å². The van der Waals surface area contributed by atoms with Crippen LogP contribution in [-0.4, -0.2) is 10.8 Å². The molecular formula is C16H12N2OS. The summed E-state index contributed by atoms with van der Waals surface area (Å²) in [5, 5.41) is 9.38. The summed E-state index contributed by atoms with van der Waals surface area (Å²) in [6.07, 6.45) is 1.18. The first-order valence-electron chi connectivity index (χ1n) is 6.40. The first-order chi connectivity index (χ1) is 9.69. The maximum absolute atomic E-state index is 12.3. The van der Waals surface area contributed by atoms with E-state index in [1.165, 1.54) is 0 Å². The number of hydrogen-bond donors (Lipinski definition) is 1. The fourth-order valence-corrected chi connectivity index (χ4v) is 2.86. The van der Waals surface area contributed by atoms with Crippen LogP contribution in [0.15, 0.2) is 41.4 Å². The number of thiol groups is 1. The predicted octanol–water partition coefficient (Wildman–Crippen LogP) is 3.15. The van der Waals surface area contributed by atoms with Crippen LogP contribution >= 0.6 is 12.6 Å². The van der Waals surface area contributed by atoms with Gasteiger partial charge in [0, 0.05) is 12.0 Å². The highest BCUT2D eigenvalue weighted by atomic mass is 32.1. The molecule has 0 amide bonds. The second-order valence-corrected chi connectivity index (χ2v) is 5.33. The molecule has 1 atom stereocenters. The molecule has 0 N–H and O–H groups in total. The third-order valence-corrected chi connectivity index (χ3v) is 3.99. The van der Waals surface area contributed by atoms with Crippen molar-refractivity contribution < 1.29 is 4.79 Å². The fraction of sp³-hybridized carbons (Fsp3) is 0.188. The van der Waals surface area contributed by atoms with E-state index in [1.807, 2.05) is 36.4 Å². The van der Waals surface area contributed by atoms with Gasteiger partial charge in [0.05, 0.1) is 11.3 Å². The van der Waals surface area contributed by atoms with Crippen molar-refractivity contribution in [2.24, 2.45) is 0 Å². The van der Waals surface area contributed by atoms with Crippen LogP contribution in [0.4, 0.5) is 0 Å². The number of nitrogens with zero attached hydrogens (tertiary/aromatic N) is 2. The first kappa shape index (κ1) is 12.9. The van der Waals surface area contributed by atoms with Crippen LogP contribution in [0.3, 0.4) is 0 Å². The topological polar surface area (TPSA) is 53.8 Å². The van der Waals surface area contributed by atoms with Crippen LogP contribution < -0.4 is 0 Å². The van der Waals surface area contributed by atoms with E-state index >= 15 is 0 Å². The standard InChI is InChI=1S/C16H12N2OS/c17-9-12-6-13-14(18-16(12)20)7-11(8-15(13)19)10-4-2-1-3-5-10/h1-6,11H,7-8H2,(H,18,20). The summed E-state index contributed by atoms with van der Waals surface area (Å²) in [6, 6.07) is 13.6. The second-order valence-electron chi connectivity index (χ2n) is 4.90. The number of carbonyl (C=O) groups excluding carboxylic acids is 1. The van der Waals surface area contributed by atoms with Crippen molar-refractivity contribution >= 4 is 18.4 Å². The molecule has 3 rings (SSSR count). The normalized spacial score (nSPS) is 17.4. The highest BCUT2D eigenvalue weighted by Crippen LogP contribution is 2.33. The number of hydrogen-bond acceptors (Lipinski definition) is 4. The van der Waals surface area contributed by atoms with E-state index in [1.54, 1.807) is 6.07 Å². The average Bonchev–Trinajstić information content (AvgIpc) is 2.47. The lowest BCUT2D eigenvalue weighted by Crippen LogP contribution is -2.20. The van der Waals surface area contributed by atoms with Crippen LogP contribution in [0.2, 0.25) is 0 Å². The minimum atomic E-state index is 0.0532. The first-order valence-corrected chi connectivity index (χ1v) is 6.85. The average molecular weight is 280 g/mol. The van der Waals surface area contributed by atoms with Gasteiger partial charge in [0.1, 0.15) is 11.1 Å². The van der Waals surface area contributed by atoms with Gasteiger partial charge in [-0.3, -0.25) is 4.79 Å². The van der Waals surface area contributed by atoms with Gasteiger partial charge in [0.25, 0.3) is 0 Å². The van der Waals surface area contributed by atoms with Crippen LogP contribution in [0.25, 0.3) is 0 Å². The molecule has 1 aliphatic carbocycles.